The molecule has 14 aromatic carbocycles. The molecule has 452 valence electrons. The molecule has 0 aliphatic carbocycles. The van der Waals surface area contributed by atoms with E-state index in [1.807, 2.05) is 24.3 Å². The lowest BCUT2D eigenvalue weighted by atomic mass is 10.0. The molecule has 97 heavy (non-hydrogen) atoms. The Labute approximate surface area is 554 Å². The van der Waals surface area contributed by atoms with E-state index >= 15 is 0 Å². The third kappa shape index (κ3) is 8.45. The number of hydrogen-bond acceptors (Lipinski definition) is 5. The molecule has 7 heterocycles. The number of benzene rings is 14. The Balaban J connectivity index is 0.000000132. The number of nitrogens with zero attached hydrogens (tertiary/aromatic N) is 8. The summed E-state index contributed by atoms with van der Waals surface area (Å²) in [6.07, 6.45) is 0. The first kappa shape index (κ1) is 54.3. The molecule has 0 amide bonds. The van der Waals surface area contributed by atoms with E-state index in [1.165, 1.54) is 49.0 Å². The maximum absolute atomic E-state index is 6.33. The van der Waals surface area contributed by atoms with Gasteiger partial charge >= 0.3 is 0 Å². The van der Waals surface area contributed by atoms with E-state index in [0.29, 0.717) is 11.9 Å². The second kappa shape index (κ2) is 21.7. The number of rotatable bonds is 7. The standard InChI is InChI=1S/C44H26N4O.C44H28N4/c1-2-12-28(13-3-1)47-37-19-9-5-14-29(37)33-24-25-34-30-15-6-10-20-38(30)48(43(34)42(33)47)44-45-36-18-8-4-17-35(36)41(46-44)27-22-23-32-31-16-7-11-21-39(31)49-40(32)26-27;1-3-13-29(14-4-1)30-23-25-31(26-24-30)41-37-19-7-10-20-38(37)45-44(46-41)48-40-22-12-9-18-34(40)36-28-27-35-33-17-8-11-21-39(33)47(42(35)43(36)48)32-15-5-2-6-16-32/h1-26H;1-28H. The van der Waals surface area contributed by atoms with Crippen molar-refractivity contribution in [3.63, 3.8) is 0 Å². The van der Waals surface area contributed by atoms with Crippen LogP contribution in [0.1, 0.15) is 0 Å². The molecule has 21 aromatic rings. The third-order valence-corrected chi connectivity index (χ3v) is 19.5. The highest BCUT2D eigenvalue weighted by atomic mass is 16.3. The number of para-hydroxylation sites is 9. The number of furan rings is 1. The quantitative estimate of drug-likeness (QED) is 0.159. The highest BCUT2D eigenvalue weighted by Gasteiger charge is 2.26. The summed E-state index contributed by atoms with van der Waals surface area (Å²) in [5, 5.41) is 13.7. The minimum Gasteiger partial charge on any atom is -0.456 e. The maximum atomic E-state index is 6.33. The Morgan fingerprint density at radius 3 is 1.00 bits per heavy atom. The summed E-state index contributed by atoms with van der Waals surface area (Å²) in [4.78, 5) is 21.4. The average molecular weight is 1240 g/mol. The van der Waals surface area contributed by atoms with Crippen LogP contribution in [-0.2, 0) is 0 Å². The molecule has 0 aliphatic heterocycles. The van der Waals surface area contributed by atoms with Gasteiger partial charge in [0.2, 0.25) is 11.9 Å². The molecular weight excluding hydrogens is 1190 g/mol. The van der Waals surface area contributed by atoms with Crippen molar-refractivity contribution in [2.24, 2.45) is 0 Å². The largest absolute Gasteiger partial charge is 0.456 e. The Hall–Kier alpha value is -13.2. The fourth-order valence-corrected chi connectivity index (χ4v) is 15.2. The van der Waals surface area contributed by atoms with E-state index in [4.69, 9.17) is 24.4 Å². The Bertz CT molecular complexity index is 6740. The lowest BCUT2D eigenvalue weighted by Gasteiger charge is -2.14. The van der Waals surface area contributed by atoms with E-state index in [2.05, 4.69) is 322 Å². The van der Waals surface area contributed by atoms with Crippen molar-refractivity contribution in [3.05, 3.63) is 328 Å². The van der Waals surface area contributed by atoms with Crippen molar-refractivity contribution >= 4 is 131 Å². The SMILES string of the molecule is c1ccc(-c2ccc(-c3nc(-n4c5ccccc5c5ccc6c7ccccc7n(-c7ccccc7)c6c54)nc4ccccc34)cc2)cc1.c1ccc(-n2c3ccccc3c3ccc4c5ccccc5n(-c5nc(-c6ccc7c(c6)oc6ccccc67)c6ccccc6n5)c4c32)cc1. The van der Waals surface area contributed by atoms with Gasteiger partial charge < -0.3 is 13.6 Å². The molecule has 0 aliphatic rings. The van der Waals surface area contributed by atoms with E-state index < -0.39 is 0 Å². The topological polar surface area (TPSA) is 84.4 Å². The molecule has 0 radical (unpaired) electrons. The first-order valence-corrected chi connectivity index (χ1v) is 32.8. The zero-order valence-electron chi connectivity index (χ0n) is 52.2. The van der Waals surface area contributed by atoms with Gasteiger partial charge in [-0.2, -0.15) is 0 Å². The summed E-state index contributed by atoms with van der Waals surface area (Å²) < 4.78 is 15.7. The van der Waals surface area contributed by atoms with Crippen molar-refractivity contribution < 1.29 is 4.42 Å². The molecule has 0 spiro atoms. The zero-order valence-corrected chi connectivity index (χ0v) is 52.2. The van der Waals surface area contributed by atoms with Crippen LogP contribution in [0.4, 0.5) is 0 Å². The van der Waals surface area contributed by atoms with Crippen LogP contribution in [0.15, 0.2) is 332 Å². The van der Waals surface area contributed by atoms with Gasteiger partial charge in [-0.25, -0.2) is 19.9 Å². The lowest BCUT2D eigenvalue weighted by Crippen LogP contribution is -2.04. The van der Waals surface area contributed by atoms with Gasteiger partial charge in [-0.15, -0.1) is 0 Å². The number of hydrogen-bond donors (Lipinski definition) is 0. The van der Waals surface area contributed by atoms with Crippen LogP contribution in [0.2, 0.25) is 0 Å². The minimum absolute atomic E-state index is 0.627. The molecular formula is C88H54N8O. The van der Waals surface area contributed by atoms with Crippen molar-refractivity contribution in [2.45, 2.75) is 0 Å². The van der Waals surface area contributed by atoms with Gasteiger partial charge in [-0.1, -0.05) is 249 Å². The molecule has 9 heteroatoms. The summed E-state index contributed by atoms with van der Waals surface area (Å²) in [5.74, 6) is 1.28. The van der Waals surface area contributed by atoms with Gasteiger partial charge in [0.05, 0.1) is 66.6 Å². The first-order chi connectivity index (χ1) is 48.1. The van der Waals surface area contributed by atoms with Gasteiger partial charge in [0.1, 0.15) is 11.2 Å². The van der Waals surface area contributed by atoms with Crippen molar-refractivity contribution in [3.8, 4) is 56.9 Å². The average Bonchev–Trinajstić information content (AvgIpc) is 1.55. The van der Waals surface area contributed by atoms with Crippen LogP contribution >= 0.6 is 0 Å². The van der Waals surface area contributed by atoms with Crippen molar-refractivity contribution in [2.75, 3.05) is 0 Å². The fraction of sp³-hybridized carbons (Fsp3) is 0. The van der Waals surface area contributed by atoms with Gasteiger partial charge in [-0.05, 0) is 90.0 Å². The number of fused-ring (bicyclic) bond motifs is 19. The molecule has 0 N–H and O–H groups in total. The van der Waals surface area contributed by atoms with Crippen LogP contribution < -0.4 is 0 Å². The van der Waals surface area contributed by atoms with Gasteiger partial charge in [0, 0.05) is 87.1 Å². The summed E-state index contributed by atoms with van der Waals surface area (Å²) in [5.41, 5.74) is 20.8. The Morgan fingerprint density at radius 1 is 0.206 bits per heavy atom. The summed E-state index contributed by atoms with van der Waals surface area (Å²) in [6.45, 7) is 0. The summed E-state index contributed by atoms with van der Waals surface area (Å²) in [7, 11) is 0. The molecule has 0 saturated heterocycles. The van der Waals surface area contributed by atoms with Crippen LogP contribution in [0, 0.1) is 0 Å². The third-order valence-electron chi connectivity index (χ3n) is 19.5. The summed E-state index contributed by atoms with van der Waals surface area (Å²) in [6, 6.07) is 115. The molecule has 0 atom stereocenters. The van der Waals surface area contributed by atoms with E-state index in [9.17, 15) is 0 Å². The van der Waals surface area contributed by atoms with Gasteiger partial charge in [0.15, 0.2) is 0 Å². The highest BCUT2D eigenvalue weighted by molar-refractivity contribution is 6.25. The van der Waals surface area contributed by atoms with Crippen LogP contribution in [0.3, 0.4) is 0 Å². The van der Waals surface area contributed by atoms with Crippen molar-refractivity contribution in [1.82, 2.24) is 38.2 Å². The van der Waals surface area contributed by atoms with Crippen LogP contribution in [0.25, 0.3) is 188 Å². The van der Waals surface area contributed by atoms with Gasteiger partial charge in [-0.3, -0.25) is 9.13 Å². The van der Waals surface area contributed by atoms with Gasteiger partial charge in [0.25, 0.3) is 0 Å². The zero-order chi connectivity index (χ0) is 63.7. The first-order valence-electron chi connectivity index (χ1n) is 32.8. The minimum atomic E-state index is 0.627. The van der Waals surface area contributed by atoms with Crippen LogP contribution in [0.5, 0.6) is 0 Å². The molecule has 0 unspecified atom stereocenters. The normalized spacial score (nSPS) is 11.9. The van der Waals surface area contributed by atoms with Crippen LogP contribution in [-0.4, -0.2) is 38.2 Å². The van der Waals surface area contributed by atoms with Crippen molar-refractivity contribution in [1.29, 1.82) is 0 Å². The van der Waals surface area contributed by atoms with E-state index in [0.717, 1.165) is 127 Å². The molecule has 9 nitrogen and oxygen atoms in total. The second-order valence-electron chi connectivity index (χ2n) is 24.8. The molecule has 0 fully saturated rings. The molecule has 0 bridgehead atoms. The smallest absolute Gasteiger partial charge is 0.235 e. The molecule has 0 saturated carbocycles. The van der Waals surface area contributed by atoms with E-state index in [-0.39, 0.29) is 0 Å². The predicted molar refractivity (Wildman–Crippen MR) is 400 cm³/mol. The lowest BCUT2D eigenvalue weighted by molar-refractivity contribution is 0.669. The highest BCUT2D eigenvalue weighted by Crippen LogP contribution is 2.45. The predicted octanol–water partition coefficient (Wildman–Crippen LogP) is 22.5. The maximum Gasteiger partial charge on any atom is 0.235 e. The fourth-order valence-electron chi connectivity index (χ4n) is 15.2. The molecule has 7 aromatic heterocycles. The monoisotopic (exact) mass is 1240 g/mol. The molecule has 21 rings (SSSR count). The Kier molecular flexibility index (Phi) is 12.1. The number of aromatic nitrogens is 8. The van der Waals surface area contributed by atoms with E-state index in [1.54, 1.807) is 0 Å². The second-order valence-corrected chi connectivity index (χ2v) is 24.8. The summed E-state index contributed by atoms with van der Waals surface area (Å²) >= 11 is 0. The Morgan fingerprint density at radius 2 is 0.526 bits per heavy atom.